The van der Waals surface area contributed by atoms with Crippen LogP contribution in [-0.4, -0.2) is 33.5 Å². The quantitative estimate of drug-likeness (QED) is 0.838. The normalized spacial score (nSPS) is 18.3. The fourth-order valence-electron chi connectivity index (χ4n) is 2.45. The third-order valence-corrected chi connectivity index (χ3v) is 3.72. The molecule has 2 N–H and O–H groups in total. The van der Waals surface area contributed by atoms with Gasteiger partial charge >= 0.3 is 5.97 Å². The van der Waals surface area contributed by atoms with Gasteiger partial charge in [-0.05, 0) is 19.8 Å². The Morgan fingerprint density at radius 2 is 2.19 bits per heavy atom. The molecule has 114 valence electrons. The zero-order valence-electron chi connectivity index (χ0n) is 12.2. The van der Waals surface area contributed by atoms with E-state index in [9.17, 15) is 14.4 Å². The number of carbonyl (C=O) groups is 2. The number of carbonyl (C=O) groups excluding carboxylic acids is 1. The van der Waals surface area contributed by atoms with E-state index in [1.807, 2.05) is 6.92 Å². The van der Waals surface area contributed by atoms with Gasteiger partial charge in [0.15, 0.2) is 0 Å². The van der Waals surface area contributed by atoms with Crippen molar-refractivity contribution in [2.24, 2.45) is 5.92 Å². The van der Waals surface area contributed by atoms with Crippen molar-refractivity contribution in [2.75, 3.05) is 11.4 Å². The summed E-state index contributed by atoms with van der Waals surface area (Å²) >= 11 is 0. The Kier molecular flexibility index (Phi) is 4.40. The van der Waals surface area contributed by atoms with E-state index in [1.165, 1.54) is 4.90 Å². The smallest absolute Gasteiger partial charge is 0.308 e. The summed E-state index contributed by atoms with van der Waals surface area (Å²) < 4.78 is 0. The molecular weight excluding hydrogens is 274 g/mol. The van der Waals surface area contributed by atoms with E-state index in [0.717, 1.165) is 12.8 Å². The van der Waals surface area contributed by atoms with Crippen LogP contribution in [0.1, 0.15) is 37.4 Å². The SMILES string of the molecule is CCCCc1c(C)nc(N2CC(C(=O)O)CC2=O)[nH]c1=O. The number of amides is 1. The molecule has 1 aliphatic rings. The zero-order valence-corrected chi connectivity index (χ0v) is 12.2. The van der Waals surface area contributed by atoms with E-state index < -0.39 is 11.9 Å². The molecule has 1 unspecified atom stereocenters. The summed E-state index contributed by atoms with van der Waals surface area (Å²) in [5.41, 5.74) is 0.966. The molecule has 7 nitrogen and oxygen atoms in total. The summed E-state index contributed by atoms with van der Waals surface area (Å²) in [4.78, 5) is 43.0. The van der Waals surface area contributed by atoms with Crippen molar-refractivity contribution in [3.8, 4) is 0 Å². The number of aromatic nitrogens is 2. The Hall–Kier alpha value is -2.18. The molecule has 0 aliphatic carbocycles. The van der Waals surface area contributed by atoms with Crippen molar-refractivity contribution in [1.82, 2.24) is 9.97 Å². The van der Waals surface area contributed by atoms with Crippen LogP contribution in [0.2, 0.25) is 0 Å². The Balaban J connectivity index is 2.28. The maximum absolute atomic E-state index is 12.1. The van der Waals surface area contributed by atoms with Gasteiger partial charge in [-0.3, -0.25) is 24.3 Å². The number of hydrogen-bond acceptors (Lipinski definition) is 4. The van der Waals surface area contributed by atoms with Crippen molar-refractivity contribution < 1.29 is 14.7 Å². The van der Waals surface area contributed by atoms with E-state index in [0.29, 0.717) is 17.7 Å². The van der Waals surface area contributed by atoms with Crippen molar-refractivity contribution in [1.29, 1.82) is 0 Å². The van der Waals surface area contributed by atoms with Gasteiger partial charge in [0.1, 0.15) is 0 Å². The summed E-state index contributed by atoms with van der Waals surface area (Å²) in [6, 6.07) is 0. The number of aryl methyl sites for hydroxylation is 1. The number of aliphatic carboxylic acids is 1. The molecule has 0 radical (unpaired) electrons. The molecule has 2 heterocycles. The number of nitrogens with zero attached hydrogens (tertiary/aromatic N) is 2. The van der Waals surface area contributed by atoms with Crippen LogP contribution in [0, 0.1) is 12.8 Å². The number of carboxylic acids is 1. The molecule has 1 aromatic heterocycles. The highest BCUT2D eigenvalue weighted by Gasteiger charge is 2.36. The minimum Gasteiger partial charge on any atom is -0.481 e. The third-order valence-electron chi connectivity index (χ3n) is 3.72. The second-order valence-corrected chi connectivity index (χ2v) is 5.30. The first-order chi connectivity index (χ1) is 9.93. The van der Waals surface area contributed by atoms with Gasteiger partial charge < -0.3 is 5.11 Å². The Morgan fingerprint density at radius 3 is 2.71 bits per heavy atom. The van der Waals surface area contributed by atoms with Crippen LogP contribution in [0.3, 0.4) is 0 Å². The number of carboxylic acid groups (broad SMARTS) is 1. The molecule has 21 heavy (non-hydrogen) atoms. The third kappa shape index (κ3) is 3.12. The summed E-state index contributed by atoms with van der Waals surface area (Å²) in [7, 11) is 0. The van der Waals surface area contributed by atoms with Crippen molar-refractivity contribution >= 4 is 17.8 Å². The van der Waals surface area contributed by atoms with Crippen LogP contribution < -0.4 is 10.5 Å². The van der Waals surface area contributed by atoms with Crippen LogP contribution in [-0.2, 0) is 16.0 Å². The van der Waals surface area contributed by atoms with E-state index in [4.69, 9.17) is 5.11 Å². The predicted octanol–water partition coefficient (Wildman–Crippen LogP) is 0.858. The predicted molar refractivity (Wildman–Crippen MR) is 76.3 cm³/mol. The average molecular weight is 293 g/mol. The number of unbranched alkanes of at least 4 members (excludes halogenated alkanes) is 1. The number of H-pyrrole nitrogens is 1. The van der Waals surface area contributed by atoms with Gasteiger partial charge in [0.2, 0.25) is 11.9 Å². The standard InChI is InChI=1S/C14H19N3O4/c1-3-4-5-10-8(2)15-14(16-12(10)19)17-7-9(13(20)21)6-11(17)18/h9H,3-7H2,1-2H3,(H,20,21)(H,15,16,19). The second-order valence-electron chi connectivity index (χ2n) is 5.30. The summed E-state index contributed by atoms with van der Waals surface area (Å²) in [5.74, 6) is -1.94. The number of anilines is 1. The summed E-state index contributed by atoms with van der Waals surface area (Å²) in [6.07, 6.45) is 2.46. The molecule has 1 aromatic rings. The van der Waals surface area contributed by atoms with Gasteiger partial charge in [-0.2, -0.15) is 0 Å². The molecule has 1 saturated heterocycles. The van der Waals surface area contributed by atoms with E-state index in [1.54, 1.807) is 6.92 Å². The maximum atomic E-state index is 12.1. The molecule has 0 aromatic carbocycles. The van der Waals surface area contributed by atoms with E-state index in [2.05, 4.69) is 9.97 Å². The first kappa shape index (κ1) is 15.2. The minimum absolute atomic E-state index is 0.0465. The number of aromatic amines is 1. The number of hydrogen-bond donors (Lipinski definition) is 2. The molecule has 0 saturated carbocycles. The van der Waals surface area contributed by atoms with Gasteiger partial charge in [0.25, 0.3) is 5.56 Å². The van der Waals surface area contributed by atoms with Crippen LogP contribution in [0.25, 0.3) is 0 Å². The summed E-state index contributed by atoms with van der Waals surface area (Å²) in [5, 5.41) is 8.97. The molecule has 1 amide bonds. The van der Waals surface area contributed by atoms with Crippen molar-refractivity contribution in [3.63, 3.8) is 0 Å². The lowest BCUT2D eigenvalue weighted by Crippen LogP contribution is -2.31. The molecule has 2 rings (SSSR count). The van der Waals surface area contributed by atoms with Gasteiger partial charge in [-0.25, -0.2) is 4.98 Å². The highest BCUT2D eigenvalue weighted by Crippen LogP contribution is 2.22. The summed E-state index contributed by atoms with van der Waals surface area (Å²) in [6.45, 7) is 3.82. The maximum Gasteiger partial charge on any atom is 0.308 e. The van der Waals surface area contributed by atoms with Crippen LogP contribution >= 0.6 is 0 Å². The number of nitrogens with one attached hydrogen (secondary N) is 1. The van der Waals surface area contributed by atoms with Crippen LogP contribution in [0.4, 0.5) is 5.95 Å². The van der Waals surface area contributed by atoms with Crippen LogP contribution in [0.5, 0.6) is 0 Å². The monoisotopic (exact) mass is 293 g/mol. The largest absolute Gasteiger partial charge is 0.481 e. The van der Waals surface area contributed by atoms with Gasteiger partial charge in [0.05, 0.1) is 5.92 Å². The second kappa shape index (κ2) is 6.07. The van der Waals surface area contributed by atoms with Gasteiger partial charge in [-0.1, -0.05) is 13.3 Å². The Bertz CT molecular complexity index is 623. The van der Waals surface area contributed by atoms with Crippen LogP contribution in [0.15, 0.2) is 4.79 Å². The topological polar surface area (TPSA) is 103 Å². The number of rotatable bonds is 5. The van der Waals surface area contributed by atoms with E-state index in [-0.39, 0.29) is 30.4 Å². The highest BCUT2D eigenvalue weighted by atomic mass is 16.4. The van der Waals surface area contributed by atoms with Gasteiger partial charge in [0, 0.05) is 24.2 Å². The first-order valence-corrected chi connectivity index (χ1v) is 7.07. The molecule has 0 bridgehead atoms. The lowest BCUT2D eigenvalue weighted by molar-refractivity contribution is -0.141. The molecule has 1 fully saturated rings. The molecule has 1 aliphatic heterocycles. The first-order valence-electron chi connectivity index (χ1n) is 7.07. The average Bonchev–Trinajstić information content (AvgIpc) is 2.80. The lowest BCUT2D eigenvalue weighted by atomic mass is 10.1. The molecular formula is C14H19N3O4. The molecule has 7 heteroatoms. The van der Waals surface area contributed by atoms with Crippen molar-refractivity contribution in [3.05, 3.63) is 21.6 Å². The fourth-order valence-corrected chi connectivity index (χ4v) is 2.45. The fraction of sp³-hybridized carbons (Fsp3) is 0.571. The van der Waals surface area contributed by atoms with Crippen molar-refractivity contribution in [2.45, 2.75) is 39.5 Å². The Morgan fingerprint density at radius 1 is 1.48 bits per heavy atom. The van der Waals surface area contributed by atoms with E-state index >= 15 is 0 Å². The minimum atomic E-state index is -1.01. The highest BCUT2D eigenvalue weighted by molar-refractivity contribution is 5.97. The Labute approximate surface area is 122 Å². The zero-order chi connectivity index (χ0) is 15.6. The van der Waals surface area contributed by atoms with Gasteiger partial charge in [-0.15, -0.1) is 0 Å². The lowest BCUT2D eigenvalue weighted by Gasteiger charge is -2.16. The molecule has 0 spiro atoms. The molecule has 1 atom stereocenters.